The fraction of sp³-hybridized carbons (Fsp3) is 0.154. The van der Waals surface area contributed by atoms with E-state index in [1.54, 1.807) is 23.6 Å². The Bertz CT molecular complexity index is 817. The lowest BCUT2D eigenvalue weighted by Crippen LogP contribution is -2.01. The van der Waals surface area contributed by atoms with Gasteiger partial charge in [0.2, 0.25) is 0 Å². The molecular weight excluding hydrogens is 290 g/mol. The van der Waals surface area contributed by atoms with Gasteiger partial charge in [0.1, 0.15) is 12.1 Å². The van der Waals surface area contributed by atoms with Crippen LogP contribution in [0.5, 0.6) is 0 Å². The van der Waals surface area contributed by atoms with Crippen LogP contribution in [0.4, 0.5) is 11.5 Å². The number of fused-ring (bicyclic) bond motifs is 1. The number of aryl methyl sites for hydroxylation is 1. The molecule has 0 aliphatic carbocycles. The summed E-state index contributed by atoms with van der Waals surface area (Å²) in [7, 11) is 0. The summed E-state index contributed by atoms with van der Waals surface area (Å²) in [6.45, 7) is 2.51. The first-order chi connectivity index (χ1) is 10.1. The normalized spacial score (nSPS) is 10.7. The van der Waals surface area contributed by atoms with Gasteiger partial charge >= 0.3 is 0 Å². The zero-order valence-electron chi connectivity index (χ0n) is 11.1. The van der Waals surface area contributed by atoms with Crippen molar-refractivity contribution in [3.05, 3.63) is 50.7 Å². The van der Waals surface area contributed by atoms with Crippen molar-refractivity contribution in [3.8, 4) is 0 Å². The number of nitrogens with zero attached hydrogens (tertiary/aromatic N) is 4. The maximum Gasteiger partial charge on any atom is 0.270 e. The predicted octanol–water partition coefficient (Wildman–Crippen LogP) is 2.92. The van der Waals surface area contributed by atoms with Crippen molar-refractivity contribution in [1.82, 2.24) is 15.0 Å². The molecule has 0 aliphatic rings. The molecule has 1 aromatic carbocycles. The highest BCUT2D eigenvalue weighted by Crippen LogP contribution is 2.25. The van der Waals surface area contributed by atoms with E-state index in [9.17, 15) is 10.1 Å². The standard InChI is InChI=1S/C13H11N5O2S/c1-8-14-5-10(21-8)6-15-13-11-4-9(18(19)20)2-3-12(11)16-7-17-13/h2-5,7H,6H2,1H3,(H,15,16,17). The Kier molecular flexibility index (Phi) is 3.44. The molecule has 2 aromatic heterocycles. The second-order valence-electron chi connectivity index (χ2n) is 4.38. The molecule has 0 unspecified atom stereocenters. The Morgan fingerprint density at radius 2 is 2.19 bits per heavy atom. The number of nitro benzene ring substituents is 1. The van der Waals surface area contributed by atoms with Gasteiger partial charge in [0.05, 0.1) is 22.0 Å². The molecule has 3 rings (SSSR count). The third-order valence-corrected chi connectivity index (χ3v) is 3.84. The van der Waals surface area contributed by atoms with Crippen LogP contribution in [0.1, 0.15) is 9.88 Å². The molecule has 0 atom stereocenters. The van der Waals surface area contributed by atoms with Crippen molar-refractivity contribution in [3.63, 3.8) is 0 Å². The number of aromatic nitrogens is 3. The minimum absolute atomic E-state index is 0.0222. The molecule has 1 N–H and O–H groups in total. The van der Waals surface area contributed by atoms with E-state index in [0.717, 1.165) is 9.88 Å². The molecule has 8 heteroatoms. The number of hydrogen-bond donors (Lipinski definition) is 1. The van der Waals surface area contributed by atoms with Gasteiger partial charge in [0.25, 0.3) is 5.69 Å². The van der Waals surface area contributed by atoms with Crippen LogP contribution in [-0.2, 0) is 6.54 Å². The van der Waals surface area contributed by atoms with Crippen LogP contribution in [0.3, 0.4) is 0 Å². The Morgan fingerprint density at radius 3 is 2.90 bits per heavy atom. The summed E-state index contributed by atoms with van der Waals surface area (Å²) in [4.78, 5) is 24.0. The monoisotopic (exact) mass is 301 g/mol. The minimum atomic E-state index is -0.428. The Morgan fingerprint density at radius 1 is 1.33 bits per heavy atom. The van der Waals surface area contributed by atoms with Gasteiger partial charge in [0.15, 0.2) is 0 Å². The third kappa shape index (κ3) is 2.79. The van der Waals surface area contributed by atoms with Crippen molar-refractivity contribution in [2.75, 3.05) is 5.32 Å². The van der Waals surface area contributed by atoms with E-state index in [-0.39, 0.29) is 5.69 Å². The van der Waals surface area contributed by atoms with Crippen LogP contribution in [-0.4, -0.2) is 19.9 Å². The number of anilines is 1. The zero-order chi connectivity index (χ0) is 14.8. The lowest BCUT2D eigenvalue weighted by atomic mass is 10.2. The summed E-state index contributed by atoms with van der Waals surface area (Å²) < 4.78 is 0. The number of non-ortho nitro benzene ring substituents is 1. The molecule has 0 spiro atoms. The van der Waals surface area contributed by atoms with Crippen molar-refractivity contribution >= 4 is 33.7 Å². The topological polar surface area (TPSA) is 93.8 Å². The van der Waals surface area contributed by atoms with E-state index in [4.69, 9.17) is 0 Å². The van der Waals surface area contributed by atoms with Gasteiger partial charge < -0.3 is 5.32 Å². The molecule has 0 bridgehead atoms. The van der Waals surface area contributed by atoms with Crippen LogP contribution in [0.25, 0.3) is 10.9 Å². The van der Waals surface area contributed by atoms with E-state index >= 15 is 0 Å². The second-order valence-corrected chi connectivity index (χ2v) is 5.70. The maximum absolute atomic E-state index is 10.9. The van der Waals surface area contributed by atoms with E-state index in [0.29, 0.717) is 23.3 Å². The van der Waals surface area contributed by atoms with Gasteiger partial charge in [-0.3, -0.25) is 10.1 Å². The minimum Gasteiger partial charge on any atom is -0.364 e. The SMILES string of the molecule is Cc1ncc(CNc2ncnc3ccc([N+](=O)[O-])cc23)s1. The average molecular weight is 301 g/mol. The molecule has 0 saturated carbocycles. The molecule has 0 radical (unpaired) electrons. The summed E-state index contributed by atoms with van der Waals surface area (Å²) in [6, 6.07) is 4.54. The zero-order valence-corrected chi connectivity index (χ0v) is 11.9. The summed E-state index contributed by atoms with van der Waals surface area (Å²) in [5, 5.41) is 15.7. The number of hydrogen-bond acceptors (Lipinski definition) is 7. The first-order valence-electron chi connectivity index (χ1n) is 6.18. The van der Waals surface area contributed by atoms with Gasteiger partial charge in [-0.2, -0.15) is 0 Å². The molecule has 0 amide bonds. The van der Waals surface area contributed by atoms with Gasteiger partial charge in [-0.15, -0.1) is 11.3 Å². The third-order valence-electron chi connectivity index (χ3n) is 2.93. The number of nitrogens with one attached hydrogen (secondary N) is 1. The average Bonchev–Trinajstić information content (AvgIpc) is 2.90. The molecule has 0 aliphatic heterocycles. The van der Waals surface area contributed by atoms with Gasteiger partial charge in [-0.05, 0) is 13.0 Å². The number of nitro groups is 1. The fourth-order valence-corrected chi connectivity index (χ4v) is 2.69. The van der Waals surface area contributed by atoms with Gasteiger partial charge in [0, 0.05) is 28.6 Å². The van der Waals surface area contributed by atoms with Crippen LogP contribution in [0.2, 0.25) is 0 Å². The van der Waals surface area contributed by atoms with Crippen molar-refractivity contribution in [2.24, 2.45) is 0 Å². The molecule has 3 aromatic rings. The number of benzene rings is 1. The Hall–Kier alpha value is -2.61. The van der Waals surface area contributed by atoms with Crippen LogP contribution in [0, 0.1) is 17.0 Å². The van der Waals surface area contributed by atoms with Crippen molar-refractivity contribution in [2.45, 2.75) is 13.5 Å². The van der Waals surface area contributed by atoms with E-state index in [2.05, 4.69) is 20.3 Å². The van der Waals surface area contributed by atoms with Crippen molar-refractivity contribution in [1.29, 1.82) is 0 Å². The molecular formula is C13H11N5O2S. The highest BCUT2D eigenvalue weighted by atomic mass is 32.1. The van der Waals surface area contributed by atoms with Crippen molar-refractivity contribution < 1.29 is 4.92 Å². The molecule has 106 valence electrons. The first kappa shape index (κ1) is 13.4. The summed E-state index contributed by atoms with van der Waals surface area (Å²) in [5.41, 5.74) is 0.688. The lowest BCUT2D eigenvalue weighted by molar-refractivity contribution is -0.384. The molecule has 21 heavy (non-hydrogen) atoms. The Balaban J connectivity index is 1.93. The molecule has 7 nitrogen and oxygen atoms in total. The van der Waals surface area contributed by atoms with Crippen LogP contribution < -0.4 is 5.32 Å². The Labute approximate surface area is 123 Å². The van der Waals surface area contributed by atoms with Gasteiger partial charge in [-0.25, -0.2) is 15.0 Å². The van der Waals surface area contributed by atoms with E-state index in [1.807, 2.05) is 6.92 Å². The number of thiazole rings is 1. The number of rotatable bonds is 4. The largest absolute Gasteiger partial charge is 0.364 e. The highest BCUT2D eigenvalue weighted by molar-refractivity contribution is 7.11. The highest BCUT2D eigenvalue weighted by Gasteiger charge is 2.10. The first-order valence-corrected chi connectivity index (χ1v) is 6.99. The predicted molar refractivity (Wildman–Crippen MR) is 80.4 cm³/mol. The second kappa shape index (κ2) is 5.41. The molecule has 0 fully saturated rings. The quantitative estimate of drug-likeness (QED) is 0.588. The van der Waals surface area contributed by atoms with E-state index < -0.39 is 4.92 Å². The maximum atomic E-state index is 10.9. The summed E-state index contributed by atoms with van der Waals surface area (Å²) in [6.07, 6.45) is 3.24. The summed E-state index contributed by atoms with van der Waals surface area (Å²) >= 11 is 1.60. The molecule has 2 heterocycles. The smallest absolute Gasteiger partial charge is 0.270 e. The summed E-state index contributed by atoms with van der Waals surface area (Å²) in [5.74, 6) is 0.578. The fourth-order valence-electron chi connectivity index (χ4n) is 1.96. The van der Waals surface area contributed by atoms with Crippen LogP contribution in [0.15, 0.2) is 30.7 Å². The lowest BCUT2D eigenvalue weighted by Gasteiger charge is -2.06. The van der Waals surface area contributed by atoms with Gasteiger partial charge in [-0.1, -0.05) is 0 Å². The molecule has 0 saturated heterocycles. The van der Waals surface area contributed by atoms with E-state index in [1.165, 1.54) is 18.5 Å². The van der Waals surface area contributed by atoms with Crippen LogP contribution >= 0.6 is 11.3 Å².